The molecule has 0 radical (unpaired) electrons. The van der Waals surface area contributed by atoms with E-state index in [-0.39, 0.29) is 30.0 Å². The highest BCUT2D eigenvalue weighted by Gasteiger charge is 2.10. The highest BCUT2D eigenvalue weighted by molar-refractivity contribution is 14.0. The van der Waals surface area contributed by atoms with E-state index in [2.05, 4.69) is 21.9 Å². The number of unbranched alkanes of at least 4 members (excludes halogenated alkanes) is 1. The van der Waals surface area contributed by atoms with Crippen LogP contribution in [0.4, 0.5) is 8.78 Å². The maximum absolute atomic E-state index is 13.2. The highest BCUT2D eigenvalue weighted by atomic mass is 127. The molecular weight excluding hydrogens is 419 g/mol. The first-order valence-corrected chi connectivity index (χ1v) is 8.39. The van der Waals surface area contributed by atoms with Crippen molar-refractivity contribution in [1.29, 1.82) is 0 Å². The third kappa shape index (κ3) is 7.62. The average Bonchev–Trinajstić information content (AvgIpc) is 2.48. The monoisotopic (exact) mass is 443 g/mol. The molecule has 126 valence electrons. The zero-order valence-electron chi connectivity index (χ0n) is 13.2. The molecule has 1 aromatic carbocycles. The smallest absolute Gasteiger partial charge is 0.191 e. The van der Waals surface area contributed by atoms with Gasteiger partial charge < -0.3 is 10.6 Å². The molecule has 7 heteroatoms. The van der Waals surface area contributed by atoms with Crippen molar-refractivity contribution in [2.24, 2.45) is 4.99 Å². The minimum absolute atomic E-state index is 0. The number of guanidine groups is 1. The Morgan fingerprint density at radius 3 is 2.59 bits per heavy atom. The van der Waals surface area contributed by atoms with Gasteiger partial charge in [0.2, 0.25) is 0 Å². The first kappa shape index (κ1) is 21.4. The molecule has 0 aliphatic heterocycles. The van der Waals surface area contributed by atoms with Gasteiger partial charge in [0.1, 0.15) is 0 Å². The van der Waals surface area contributed by atoms with E-state index in [1.165, 1.54) is 6.07 Å². The summed E-state index contributed by atoms with van der Waals surface area (Å²) in [7, 11) is 1.69. The molecule has 0 aromatic heterocycles. The number of thioether (sulfide) groups is 1. The Hall–Kier alpha value is -0.570. The second-order valence-electron chi connectivity index (χ2n) is 4.74. The first-order chi connectivity index (χ1) is 10.1. The molecule has 1 rings (SSSR count). The number of aliphatic imine (C=N–C) groups is 1. The second-order valence-corrected chi connectivity index (χ2v) is 5.72. The van der Waals surface area contributed by atoms with Crippen LogP contribution in [0.1, 0.15) is 31.4 Å². The van der Waals surface area contributed by atoms with Crippen LogP contribution in [0.5, 0.6) is 0 Å². The van der Waals surface area contributed by atoms with E-state index >= 15 is 0 Å². The maximum atomic E-state index is 13.2. The van der Waals surface area contributed by atoms with Crippen molar-refractivity contribution in [3.05, 3.63) is 35.4 Å². The second kappa shape index (κ2) is 11.9. The molecule has 0 spiro atoms. The molecule has 0 saturated heterocycles. The van der Waals surface area contributed by atoms with Gasteiger partial charge in [-0.1, -0.05) is 6.07 Å². The van der Waals surface area contributed by atoms with E-state index in [1.54, 1.807) is 13.1 Å². The third-order valence-electron chi connectivity index (χ3n) is 3.09. The molecule has 0 heterocycles. The van der Waals surface area contributed by atoms with Crippen LogP contribution in [-0.2, 0) is 0 Å². The highest BCUT2D eigenvalue weighted by Crippen LogP contribution is 2.15. The lowest BCUT2D eigenvalue weighted by atomic mass is 10.1. The molecule has 0 aliphatic carbocycles. The summed E-state index contributed by atoms with van der Waals surface area (Å²) in [6.45, 7) is 2.72. The van der Waals surface area contributed by atoms with Crippen LogP contribution in [0, 0.1) is 11.6 Å². The van der Waals surface area contributed by atoms with Gasteiger partial charge in [-0.2, -0.15) is 11.8 Å². The first-order valence-electron chi connectivity index (χ1n) is 6.99. The Morgan fingerprint density at radius 2 is 2.00 bits per heavy atom. The molecule has 0 saturated carbocycles. The van der Waals surface area contributed by atoms with Gasteiger partial charge in [0.15, 0.2) is 17.6 Å². The minimum Gasteiger partial charge on any atom is -0.356 e. The Kier molecular flexibility index (Phi) is 11.6. The van der Waals surface area contributed by atoms with E-state index in [9.17, 15) is 8.78 Å². The summed E-state index contributed by atoms with van der Waals surface area (Å²) in [5.41, 5.74) is 0.680. The summed E-state index contributed by atoms with van der Waals surface area (Å²) < 4.78 is 26.2. The van der Waals surface area contributed by atoms with E-state index in [1.807, 2.05) is 18.7 Å². The molecule has 0 amide bonds. The van der Waals surface area contributed by atoms with Gasteiger partial charge in [-0.15, -0.1) is 24.0 Å². The molecule has 22 heavy (non-hydrogen) atoms. The summed E-state index contributed by atoms with van der Waals surface area (Å²) in [6.07, 6.45) is 4.32. The fourth-order valence-electron chi connectivity index (χ4n) is 1.84. The lowest BCUT2D eigenvalue weighted by Crippen LogP contribution is -2.39. The number of nitrogens with one attached hydrogen (secondary N) is 2. The number of hydrogen-bond donors (Lipinski definition) is 2. The molecule has 0 bridgehead atoms. The van der Waals surface area contributed by atoms with Crippen LogP contribution >= 0.6 is 35.7 Å². The zero-order valence-corrected chi connectivity index (χ0v) is 16.3. The average molecular weight is 443 g/mol. The molecule has 1 unspecified atom stereocenters. The van der Waals surface area contributed by atoms with Crippen molar-refractivity contribution in [1.82, 2.24) is 10.6 Å². The summed E-state index contributed by atoms with van der Waals surface area (Å²) in [4.78, 5) is 4.13. The van der Waals surface area contributed by atoms with Gasteiger partial charge in [0.05, 0.1) is 6.04 Å². The van der Waals surface area contributed by atoms with Gasteiger partial charge >= 0.3 is 0 Å². The number of benzene rings is 1. The van der Waals surface area contributed by atoms with Gasteiger partial charge in [-0.3, -0.25) is 4.99 Å². The predicted molar refractivity (Wildman–Crippen MR) is 102 cm³/mol. The summed E-state index contributed by atoms with van der Waals surface area (Å²) in [5.74, 6) is 0.152. The normalized spacial score (nSPS) is 12.5. The predicted octanol–water partition coefficient (Wildman–Crippen LogP) is 3.95. The molecule has 0 aliphatic rings. The lowest BCUT2D eigenvalue weighted by molar-refractivity contribution is 0.504. The number of nitrogens with zero attached hydrogens (tertiary/aromatic N) is 1. The molecule has 1 atom stereocenters. The van der Waals surface area contributed by atoms with Gasteiger partial charge in [-0.25, -0.2) is 8.78 Å². The fourth-order valence-corrected chi connectivity index (χ4v) is 2.34. The lowest BCUT2D eigenvalue weighted by Gasteiger charge is -2.18. The maximum Gasteiger partial charge on any atom is 0.191 e. The van der Waals surface area contributed by atoms with Crippen molar-refractivity contribution in [3.63, 3.8) is 0 Å². The standard InChI is InChI=1S/C15H23F2N3S.HI/c1-11(12-6-7-13(16)14(17)10-12)20-15(18-2)19-8-4-5-9-21-3;/h6-7,10-11H,4-5,8-9H2,1-3H3,(H2,18,19,20);1H. The van der Waals surface area contributed by atoms with Gasteiger partial charge in [-0.05, 0) is 49.5 Å². The summed E-state index contributed by atoms with van der Waals surface area (Å²) in [5, 5.41) is 6.38. The number of rotatable bonds is 7. The van der Waals surface area contributed by atoms with Crippen molar-refractivity contribution >= 4 is 41.7 Å². The molecule has 3 nitrogen and oxygen atoms in total. The molecular formula is C15H24F2IN3S. The fraction of sp³-hybridized carbons (Fsp3) is 0.533. The minimum atomic E-state index is -0.832. The van der Waals surface area contributed by atoms with Crippen molar-refractivity contribution in [2.75, 3.05) is 25.6 Å². The molecule has 0 fully saturated rings. The van der Waals surface area contributed by atoms with Crippen LogP contribution in [0.2, 0.25) is 0 Å². The largest absolute Gasteiger partial charge is 0.356 e. The van der Waals surface area contributed by atoms with Crippen LogP contribution in [0.15, 0.2) is 23.2 Å². The number of halogens is 3. The Bertz CT molecular complexity index is 472. The quantitative estimate of drug-likeness (QED) is 0.290. The van der Waals surface area contributed by atoms with Gasteiger partial charge in [0.25, 0.3) is 0 Å². The zero-order chi connectivity index (χ0) is 15.7. The van der Waals surface area contributed by atoms with Crippen LogP contribution < -0.4 is 10.6 Å². The van der Waals surface area contributed by atoms with Crippen LogP contribution in [-0.4, -0.2) is 31.6 Å². The molecule has 1 aromatic rings. The van der Waals surface area contributed by atoms with E-state index < -0.39 is 11.6 Å². The summed E-state index contributed by atoms with van der Waals surface area (Å²) >= 11 is 1.84. The Balaban J connectivity index is 0.00000441. The summed E-state index contributed by atoms with van der Waals surface area (Å²) in [6, 6.07) is 3.76. The van der Waals surface area contributed by atoms with Crippen molar-refractivity contribution in [3.8, 4) is 0 Å². The SMILES string of the molecule is CN=C(NCCCCSC)NC(C)c1ccc(F)c(F)c1.I. The van der Waals surface area contributed by atoms with Crippen LogP contribution in [0.25, 0.3) is 0 Å². The Labute approximate surface area is 152 Å². The molecule has 2 N–H and O–H groups in total. The van der Waals surface area contributed by atoms with Crippen LogP contribution in [0.3, 0.4) is 0 Å². The van der Waals surface area contributed by atoms with E-state index in [4.69, 9.17) is 0 Å². The number of hydrogen-bond acceptors (Lipinski definition) is 2. The van der Waals surface area contributed by atoms with E-state index in [0.29, 0.717) is 11.5 Å². The Morgan fingerprint density at radius 1 is 1.27 bits per heavy atom. The topological polar surface area (TPSA) is 36.4 Å². The van der Waals surface area contributed by atoms with Crippen molar-refractivity contribution in [2.45, 2.75) is 25.8 Å². The van der Waals surface area contributed by atoms with Crippen molar-refractivity contribution < 1.29 is 8.78 Å². The van der Waals surface area contributed by atoms with Gasteiger partial charge in [0, 0.05) is 13.6 Å². The third-order valence-corrected chi connectivity index (χ3v) is 3.79. The van der Waals surface area contributed by atoms with E-state index in [0.717, 1.165) is 31.2 Å².